The van der Waals surface area contributed by atoms with Crippen LogP contribution in [0.3, 0.4) is 0 Å². The van der Waals surface area contributed by atoms with Crippen molar-refractivity contribution in [1.29, 1.82) is 0 Å². The summed E-state index contributed by atoms with van der Waals surface area (Å²) in [5.74, 6) is -1.80. The zero-order chi connectivity index (χ0) is 49.9. The summed E-state index contributed by atoms with van der Waals surface area (Å²) in [6.07, 6.45) is 1.45. The summed E-state index contributed by atoms with van der Waals surface area (Å²) in [6, 6.07) is 52.8. The summed E-state index contributed by atoms with van der Waals surface area (Å²) in [5, 5.41) is 7.34. The van der Waals surface area contributed by atoms with Crippen LogP contribution in [0.15, 0.2) is 181 Å². The van der Waals surface area contributed by atoms with E-state index in [0.717, 1.165) is 54.2 Å². The maximum absolute atomic E-state index is 14.6. The number of carbonyl (C=O) groups is 6. The van der Waals surface area contributed by atoms with E-state index in [-0.39, 0.29) is 58.0 Å². The molecule has 0 N–H and O–H groups in total. The highest BCUT2D eigenvalue weighted by molar-refractivity contribution is 7.36. The van der Waals surface area contributed by atoms with Crippen LogP contribution in [0.25, 0.3) is 85.1 Å². The molecule has 10 nitrogen and oxygen atoms in total. The zero-order valence-corrected chi connectivity index (χ0v) is 40.3. The molecule has 0 aliphatic heterocycles. The van der Waals surface area contributed by atoms with Crippen molar-refractivity contribution in [3.05, 3.63) is 226 Å². The standard InChI is InChI=1S/C62H34N2O8S2/c65-55-45-23-39-19-35-15-7-8-16-36(35)20-40(39)24-46(45)56(66)49(55)27-43-29-51-53(63(43)61(69)71-31-33-11-3-1-4-12-33)59-60(73-51)54-52(74-59)30-44(64(54)62(70)72-32-34-13-5-2-6-14-34)28-50-57(67)47-25-41-21-37-17-9-10-18-38(37)22-42(41)26-48(47)58(50)68/h1-30H,31-32H2. The molecular formula is C62H34N2O8S2. The highest BCUT2D eigenvalue weighted by atomic mass is 32.1. The van der Waals surface area contributed by atoms with Gasteiger partial charge in [0.2, 0.25) is 0 Å². The zero-order valence-electron chi connectivity index (χ0n) is 38.7. The first-order valence-corrected chi connectivity index (χ1v) is 25.4. The van der Waals surface area contributed by atoms with Crippen molar-refractivity contribution in [2.24, 2.45) is 0 Å². The molecule has 0 atom stereocenters. The van der Waals surface area contributed by atoms with Gasteiger partial charge in [-0.3, -0.25) is 19.2 Å². The first kappa shape index (κ1) is 43.4. The number of ether oxygens (including phenoxy) is 2. The van der Waals surface area contributed by atoms with Gasteiger partial charge in [0.05, 0.1) is 52.4 Å². The number of rotatable bonds is 6. The average Bonchev–Trinajstić information content (AvgIpc) is 4.23. The second kappa shape index (κ2) is 16.6. The third kappa shape index (κ3) is 6.83. The van der Waals surface area contributed by atoms with E-state index in [1.807, 2.05) is 133 Å². The Bertz CT molecular complexity index is 4160. The van der Waals surface area contributed by atoms with E-state index in [4.69, 9.17) is 9.47 Å². The van der Waals surface area contributed by atoms with E-state index >= 15 is 0 Å². The van der Waals surface area contributed by atoms with Crippen molar-refractivity contribution in [3.63, 3.8) is 0 Å². The second-order valence-corrected chi connectivity index (χ2v) is 20.6. The van der Waals surface area contributed by atoms with Gasteiger partial charge in [0.15, 0.2) is 23.1 Å². The summed E-state index contributed by atoms with van der Waals surface area (Å²) in [6.45, 7) is -0.104. The molecule has 0 unspecified atom stereocenters. The Kier molecular flexibility index (Phi) is 9.74. The number of carbonyl (C=O) groups excluding carboxylic acids is 6. The minimum atomic E-state index is -0.740. The molecule has 74 heavy (non-hydrogen) atoms. The van der Waals surface area contributed by atoms with Gasteiger partial charge < -0.3 is 9.47 Å². The number of Topliss-reactive ketones (excluding diaryl/α,β-unsaturated/α-hetero) is 4. The number of ketones is 4. The molecule has 2 aliphatic rings. The topological polar surface area (TPSA) is 131 Å². The lowest BCUT2D eigenvalue weighted by atomic mass is 9.99. The lowest BCUT2D eigenvalue weighted by Crippen LogP contribution is -2.15. The van der Waals surface area contributed by atoms with Crippen molar-refractivity contribution < 1.29 is 38.2 Å². The number of aromatic nitrogens is 2. The molecule has 0 fully saturated rings. The minimum Gasteiger partial charge on any atom is -0.444 e. The number of thiophene rings is 2. The van der Waals surface area contributed by atoms with E-state index in [1.54, 1.807) is 36.4 Å². The summed E-state index contributed by atoms with van der Waals surface area (Å²) in [7, 11) is 0. The molecule has 4 heterocycles. The molecule has 12 aromatic rings. The number of fused-ring (bicyclic) bond motifs is 11. The fourth-order valence-electron chi connectivity index (χ4n) is 10.5. The number of hydrogen-bond acceptors (Lipinski definition) is 10. The Labute approximate surface area is 427 Å². The van der Waals surface area contributed by atoms with Crippen LogP contribution < -0.4 is 0 Å². The Balaban J connectivity index is 0.908. The summed E-state index contributed by atoms with van der Waals surface area (Å²) in [4.78, 5) is 86.2. The first-order chi connectivity index (χ1) is 36.1. The predicted molar refractivity (Wildman–Crippen MR) is 291 cm³/mol. The Morgan fingerprint density at radius 2 is 0.703 bits per heavy atom. The molecule has 12 heteroatoms. The van der Waals surface area contributed by atoms with Gasteiger partial charge in [-0.15, -0.1) is 22.7 Å². The average molecular weight is 999 g/mol. The molecule has 0 radical (unpaired) electrons. The van der Waals surface area contributed by atoms with E-state index in [2.05, 4.69) is 0 Å². The highest BCUT2D eigenvalue weighted by Gasteiger charge is 2.37. The summed E-state index contributed by atoms with van der Waals surface area (Å²) in [5.41, 5.74) is 3.95. The second-order valence-electron chi connectivity index (χ2n) is 18.5. The largest absolute Gasteiger partial charge is 0.444 e. The van der Waals surface area contributed by atoms with Gasteiger partial charge in [0.25, 0.3) is 0 Å². The first-order valence-electron chi connectivity index (χ1n) is 23.7. The van der Waals surface area contributed by atoms with Gasteiger partial charge in [0.1, 0.15) is 13.2 Å². The van der Waals surface area contributed by atoms with Crippen molar-refractivity contribution in [2.45, 2.75) is 13.2 Å². The van der Waals surface area contributed by atoms with Gasteiger partial charge in [0, 0.05) is 22.3 Å². The molecular weight excluding hydrogens is 965 g/mol. The fourth-order valence-corrected chi connectivity index (χ4v) is 13.2. The molecule has 0 spiro atoms. The van der Waals surface area contributed by atoms with Gasteiger partial charge in [-0.05, 0) is 127 Å². The van der Waals surface area contributed by atoms with Crippen LogP contribution in [0, 0.1) is 0 Å². The molecule has 352 valence electrons. The molecule has 0 saturated carbocycles. The van der Waals surface area contributed by atoms with Gasteiger partial charge in [-0.25, -0.2) is 18.7 Å². The van der Waals surface area contributed by atoms with Crippen LogP contribution in [0.2, 0.25) is 0 Å². The van der Waals surface area contributed by atoms with Gasteiger partial charge in [-0.1, -0.05) is 109 Å². The number of nitrogens with zero attached hydrogens (tertiary/aromatic N) is 2. The maximum atomic E-state index is 14.6. The van der Waals surface area contributed by atoms with E-state index in [9.17, 15) is 28.8 Å². The van der Waals surface area contributed by atoms with Gasteiger partial charge in [-0.2, -0.15) is 0 Å². The highest BCUT2D eigenvalue weighted by Crippen LogP contribution is 2.48. The van der Waals surface area contributed by atoms with E-state index in [1.165, 1.54) is 44.0 Å². The lowest BCUT2D eigenvalue weighted by Gasteiger charge is -2.09. The predicted octanol–water partition coefficient (Wildman–Crippen LogP) is 14.8. The molecule has 8 aromatic carbocycles. The fraction of sp³-hybridized carbons (Fsp3) is 0.0323. The molecule has 0 saturated heterocycles. The SMILES string of the molecule is O=C1C(=Cc2cc3sc4c(sc5cc(C=C6C(=O)c7cc8cc9ccccc9cc8cc7C6=O)n(C(=O)OCc6ccccc6)c54)c3n2C(=O)OCc2ccccc2)C(=O)c2cc3cc4ccccc4cc3cc21. The molecule has 14 rings (SSSR count). The number of benzene rings is 8. The lowest BCUT2D eigenvalue weighted by molar-refractivity contribution is 0.0975. The van der Waals surface area contributed by atoms with Crippen molar-refractivity contribution >= 4 is 143 Å². The van der Waals surface area contributed by atoms with Crippen LogP contribution in [0.4, 0.5) is 9.59 Å². The van der Waals surface area contributed by atoms with Gasteiger partial charge >= 0.3 is 12.2 Å². The van der Waals surface area contributed by atoms with Crippen molar-refractivity contribution in [1.82, 2.24) is 9.13 Å². The third-order valence-electron chi connectivity index (χ3n) is 14.0. The Morgan fingerprint density at radius 1 is 0.392 bits per heavy atom. The quantitative estimate of drug-likeness (QED) is 0.0914. The van der Waals surface area contributed by atoms with Crippen LogP contribution in [0.5, 0.6) is 0 Å². The van der Waals surface area contributed by atoms with Crippen molar-refractivity contribution in [2.75, 3.05) is 0 Å². The van der Waals surface area contributed by atoms with Crippen molar-refractivity contribution in [3.8, 4) is 0 Å². The summed E-state index contributed by atoms with van der Waals surface area (Å²) < 4.78 is 17.2. The third-order valence-corrected chi connectivity index (χ3v) is 16.4. The monoisotopic (exact) mass is 998 g/mol. The molecule has 0 bridgehead atoms. The van der Waals surface area contributed by atoms with E-state index < -0.39 is 35.3 Å². The molecule has 2 aliphatic carbocycles. The Hall–Kier alpha value is -9.36. The number of hydrogen-bond donors (Lipinski definition) is 0. The van der Waals surface area contributed by atoms with Crippen LogP contribution in [-0.2, 0) is 22.7 Å². The number of allylic oxidation sites excluding steroid dienone is 2. The molecule has 0 amide bonds. The minimum absolute atomic E-state index is 0.0519. The smallest absolute Gasteiger partial charge is 0.419 e. The van der Waals surface area contributed by atoms with Crippen LogP contribution in [0.1, 0.15) is 63.9 Å². The molecule has 4 aromatic heterocycles. The van der Waals surface area contributed by atoms with Crippen LogP contribution >= 0.6 is 22.7 Å². The van der Waals surface area contributed by atoms with E-state index in [0.29, 0.717) is 29.8 Å². The maximum Gasteiger partial charge on any atom is 0.419 e. The van der Waals surface area contributed by atoms with Crippen LogP contribution in [-0.4, -0.2) is 44.5 Å². The normalized spacial score (nSPS) is 13.4. The Morgan fingerprint density at radius 3 is 1.03 bits per heavy atom. The summed E-state index contributed by atoms with van der Waals surface area (Å²) >= 11 is 2.62.